The molecule has 0 aromatic heterocycles. The third-order valence-corrected chi connectivity index (χ3v) is 4.81. The summed E-state index contributed by atoms with van der Waals surface area (Å²) in [5, 5.41) is 0. The molecule has 0 N–H and O–H groups in total. The van der Waals surface area contributed by atoms with Crippen molar-refractivity contribution in [2.45, 2.75) is 49.8 Å². The molecule has 18 heteroatoms. The predicted molar refractivity (Wildman–Crippen MR) is 73.0 cm³/mol. The van der Waals surface area contributed by atoms with E-state index in [1.165, 1.54) is 0 Å². The minimum Gasteiger partial charge on any atom is -0.383 e. The van der Waals surface area contributed by atoms with E-state index in [4.69, 9.17) is 0 Å². The first kappa shape index (κ1) is 26.4. The summed E-state index contributed by atoms with van der Waals surface area (Å²) >= 11 is 0. The van der Waals surface area contributed by atoms with Crippen molar-refractivity contribution >= 4 is 12.6 Å². The molecule has 0 saturated carbocycles. The van der Waals surface area contributed by atoms with E-state index < -0.39 is 77.1 Å². The van der Waals surface area contributed by atoms with Gasteiger partial charge in [0.25, 0.3) is 11.2 Å². The Morgan fingerprint density at radius 2 is 0.844 bits per heavy atom. The van der Waals surface area contributed by atoms with Crippen molar-refractivity contribution in [1.82, 2.24) is 0 Å². The maximum absolute atomic E-state index is 14.1. The molecule has 182 valence electrons. The lowest BCUT2D eigenvalue weighted by molar-refractivity contribution is -0.464. The average molecular weight is 502 g/mol. The Kier molecular flexibility index (Phi) is 5.84. The molecule has 0 amide bonds. The van der Waals surface area contributed by atoms with Gasteiger partial charge >= 0.3 is 31.8 Å². The van der Waals surface area contributed by atoms with Crippen LogP contribution in [0.2, 0.25) is 0 Å². The second kappa shape index (κ2) is 7.07. The molecule has 0 atom stereocenters. The number of hydrogen-bond acceptors (Lipinski definition) is 2. The molecule has 2 rings (SSSR count). The van der Waals surface area contributed by atoms with Crippen molar-refractivity contribution < 1.29 is 75.2 Å². The van der Waals surface area contributed by atoms with Crippen molar-refractivity contribution in [3.63, 3.8) is 0 Å². The first-order chi connectivity index (χ1) is 14.0. The zero-order chi connectivity index (χ0) is 25.5. The smallest absolute Gasteiger partial charge is 0.383 e. The molecular weight excluding hydrogens is 496 g/mol. The summed E-state index contributed by atoms with van der Waals surface area (Å²) in [4.78, 5) is 0. The van der Waals surface area contributed by atoms with Crippen molar-refractivity contribution in [3.05, 3.63) is 28.6 Å². The van der Waals surface area contributed by atoms with E-state index >= 15 is 0 Å². The van der Waals surface area contributed by atoms with Crippen LogP contribution >= 0.6 is 0 Å². The van der Waals surface area contributed by atoms with Crippen LogP contribution in [0.5, 0.6) is 0 Å². The van der Waals surface area contributed by atoms with Gasteiger partial charge in [-0.15, -0.1) is 0 Å². The van der Waals surface area contributed by atoms with Crippen LogP contribution in [0.1, 0.15) is 11.1 Å². The highest BCUT2D eigenvalue weighted by atomic mass is 19.4. The Morgan fingerprint density at radius 1 is 0.531 bits per heavy atom. The highest BCUT2D eigenvalue weighted by molar-refractivity contribution is 6.63. The summed E-state index contributed by atoms with van der Waals surface area (Å²) in [5.41, 5.74) is -18.6. The molecule has 0 bridgehead atoms. The molecular formula is C14H6BF15O2. The van der Waals surface area contributed by atoms with Gasteiger partial charge in [0, 0.05) is 5.46 Å². The quantitative estimate of drug-likeness (QED) is 0.299. The minimum atomic E-state index is -7.51. The number of halogens is 15. The molecule has 1 aliphatic heterocycles. The fourth-order valence-electron chi connectivity index (χ4n) is 3.21. The number of benzene rings is 1. The molecule has 1 heterocycles. The monoisotopic (exact) mass is 502 g/mol. The second-order valence-corrected chi connectivity index (χ2v) is 6.53. The zero-order valence-corrected chi connectivity index (χ0v) is 15.1. The third-order valence-electron chi connectivity index (χ3n) is 4.81. The first-order valence-electron chi connectivity index (χ1n) is 7.75. The maximum Gasteiger partial charge on any atom is 0.499 e. The molecule has 0 radical (unpaired) electrons. The van der Waals surface area contributed by atoms with Crippen LogP contribution in [0.15, 0.2) is 0 Å². The van der Waals surface area contributed by atoms with Crippen molar-refractivity contribution in [2.75, 3.05) is 0 Å². The van der Waals surface area contributed by atoms with Crippen LogP contribution < -0.4 is 5.46 Å². The van der Waals surface area contributed by atoms with Crippen LogP contribution in [0.25, 0.3) is 0 Å². The normalized spacial score (nSPS) is 19.6. The Labute approximate surface area is 167 Å². The first-order valence-corrected chi connectivity index (χ1v) is 7.75. The van der Waals surface area contributed by atoms with Gasteiger partial charge in [0.1, 0.15) is 0 Å². The molecule has 1 aromatic rings. The minimum absolute atomic E-state index is 0.465. The molecule has 1 aromatic carbocycles. The van der Waals surface area contributed by atoms with Gasteiger partial charge in [0.05, 0.1) is 0 Å². The maximum atomic E-state index is 14.1. The largest absolute Gasteiger partial charge is 0.499 e. The van der Waals surface area contributed by atoms with Gasteiger partial charge in [-0.05, 0) is 25.0 Å². The zero-order valence-electron chi connectivity index (χ0n) is 15.1. The summed E-state index contributed by atoms with van der Waals surface area (Å²) < 4.78 is 209. The molecule has 32 heavy (non-hydrogen) atoms. The Bertz CT molecular complexity index is 814. The number of alkyl halides is 12. The van der Waals surface area contributed by atoms with Gasteiger partial charge in [0.15, 0.2) is 17.5 Å². The van der Waals surface area contributed by atoms with E-state index in [1.54, 1.807) is 0 Å². The summed E-state index contributed by atoms with van der Waals surface area (Å²) in [5.74, 6) is -7.39. The van der Waals surface area contributed by atoms with Gasteiger partial charge in [-0.3, -0.25) is 0 Å². The van der Waals surface area contributed by atoms with Crippen LogP contribution in [0.4, 0.5) is 65.9 Å². The Morgan fingerprint density at radius 3 is 1.12 bits per heavy atom. The van der Waals surface area contributed by atoms with E-state index in [-0.39, 0.29) is 0 Å². The highest BCUT2D eigenvalue weighted by Gasteiger charge is 2.98. The van der Waals surface area contributed by atoms with E-state index in [9.17, 15) is 65.9 Å². The number of rotatable bonds is 1. The van der Waals surface area contributed by atoms with Crippen molar-refractivity contribution in [2.24, 2.45) is 0 Å². The van der Waals surface area contributed by atoms with E-state index in [0.717, 1.165) is 0 Å². The van der Waals surface area contributed by atoms with Crippen LogP contribution in [-0.4, -0.2) is 43.0 Å². The fourth-order valence-corrected chi connectivity index (χ4v) is 3.21. The molecule has 1 aliphatic rings. The Balaban J connectivity index is 3.06. The predicted octanol–water partition coefficient (Wildman–Crippen LogP) is 5.19. The lowest BCUT2D eigenvalue weighted by atomic mass is 9.74. The highest BCUT2D eigenvalue weighted by Crippen LogP contribution is 2.66. The lowest BCUT2D eigenvalue weighted by Crippen LogP contribution is -2.79. The molecule has 0 unspecified atom stereocenters. The summed E-state index contributed by atoms with van der Waals surface area (Å²) in [6, 6.07) is 0. The molecule has 0 aliphatic carbocycles. The average Bonchev–Trinajstić information content (AvgIpc) is 2.96. The van der Waals surface area contributed by atoms with Crippen LogP contribution in [-0.2, 0) is 9.31 Å². The molecule has 0 spiro atoms. The lowest BCUT2D eigenvalue weighted by Gasteiger charge is -2.46. The third kappa shape index (κ3) is 3.15. The standard InChI is InChI=1S/C14H6BF15O2/c1-3-4(2)6(16)8(18)7(17)5(3)15-31-9(11(19,20)21,12(22,23)24)10(32-15,13(25,26)27)14(28,29)30/h1-2H3. The second-order valence-electron chi connectivity index (χ2n) is 6.53. The molecule has 1 fully saturated rings. The van der Waals surface area contributed by atoms with Gasteiger partial charge in [0.2, 0.25) is 0 Å². The van der Waals surface area contributed by atoms with E-state index in [0.29, 0.717) is 13.8 Å². The van der Waals surface area contributed by atoms with Gasteiger partial charge in [-0.2, -0.15) is 52.7 Å². The van der Waals surface area contributed by atoms with E-state index in [1.807, 2.05) is 0 Å². The van der Waals surface area contributed by atoms with Crippen LogP contribution in [0.3, 0.4) is 0 Å². The van der Waals surface area contributed by atoms with E-state index in [2.05, 4.69) is 9.31 Å². The van der Waals surface area contributed by atoms with Gasteiger partial charge < -0.3 is 9.31 Å². The molecule has 2 nitrogen and oxygen atoms in total. The van der Waals surface area contributed by atoms with Gasteiger partial charge in [-0.1, -0.05) is 0 Å². The van der Waals surface area contributed by atoms with Crippen molar-refractivity contribution in [3.8, 4) is 0 Å². The fraction of sp³-hybridized carbons (Fsp3) is 0.571. The van der Waals surface area contributed by atoms with Gasteiger partial charge in [-0.25, -0.2) is 13.2 Å². The van der Waals surface area contributed by atoms with Crippen LogP contribution in [0, 0.1) is 31.3 Å². The topological polar surface area (TPSA) is 18.5 Å². The summed E-state index contributed by atoms with van der Waals surface area (Å²) in [7, 11) is -4.06. The summed E-state index contributed by atoms with van der Waals surface area (Å²) in [6.45, 7) is 1.03. The molecule has 1 saturated heterocycles. The number of hydrogen-bond donors (Lipinski definition) is 0. The summed E-state index contributed by atoms with van der Waals surface area (Å²) in [6.07, 6.45) is -30.0. The SMILES string of the molecule is Cc1c(C)c(B2OC(C(F)(F)F)(C(F)(F)F)C(C(F)(F)F)(C(F)(F)F)O2)c(F)c(F)c1F. The Hall–Kier alpha value is -1.85. The van der Waals surface area contributed by atoms with Crippen molar-refractivity contribution in [1.29, 1.82) is 0 Å².